The normalized spacial score (nSPS) is 19.5. The van der Waals surface area contributed by atoms with Crippen molar-refractivity contribution in [1.29, 1.82) is 0 Å². The largest absolute Gasteiger partial charge is 0.477 e. The predicted octanol–water partition coefficient (Wildman–Crippen LogP) is 2.68. The Bertz CT molecular complexity index is 634. The third kappa shape index (κ3) is 2.93. The summed E-state index contributed by atoms with van der Waals surface area (Å²) in [5.41, 5.74) is 0. The first kappa shape index (κ1) is 14.5. The van der Waals surface area contributed by atoms with Crippen LogP contribution in [-0.4, -0.2) is 25.5 Å². The number of hydrogen-bond acceptors (Lipinski definition) is 4. The van der Waals surface area contributed by atoms with E-state index in [0.717, 1.165) is 37.0 Å². The molecule has 1 aromatic rings. The molecule has 0 saturated heterocycles. The summed E-state index contributed by atoms with van der Waals surface area (Å²) >= 11 is 4.07. The Balaban J connectivity index is 1.85. The summed E-state index contributed by atoms with van der Waals surface area (Å²) in [6.07, 6.45) is 4.31. The second-order valence-electron chi connectivity index (χ2n) is 5.38. The number of carbonyl (C=O) groups is 1. The molecule has 110 valence electrons. The molecule has 8 heteroatoms. The third-order valence-corrected chi connectivity index (χ3v) is 7.41. The van der Waals surface area contributed by atoms with Crippen LogP contribution in [0, 0.1) is 11.8 Å². The Labute approximate surface area is 129 Å². The molecule has 2 aliphatic rings. The zero-order valence-electron chi connectivity index (χ0n) is 10.5. The minimum Gasteiger partial charge on any atom is -0.477 e. The van der Waals surface area contributed by atoms with Crippen molar-refractivity contribution in [3.63, 3.8) is 0 Å². The van der Waals surface area contributed by atoms with Gasteiger partial charge in [0.1, 0.15) is 9.77 Å². The molecule has 0 unspecified atom stereocenters. The maximum Gasteiger partial charge on any atom is 0.345 e. The standard InChI is InChI=1S/C12H14BrNO4S2/c13-11-9(5-8(19-11)12(15)16)20(17,18)14-10(6-1-2-6)7-3-4-7/h5-7,10,14H,1-4H2,(H,15,16). The van der Waals surface area contributed by atoms with Crippen molar-refractivity contribution in [1.82, 2.24) is 4.72 Å². The molecule has 0 spiro atoms. The lowest BCUT2D eigenvalue weighted by Gasteiger charge is -2.17. The van der Waals surface area contributed by atoms with Gasteiger partial charge in [-0.15, -0.1) is 11.3 Å². The lowest BCUT2D eigenvalue weighted by Crippen LogP contribution is -2.38. The summed E-state index contributed by atoms with van der Waals surface area (Å²) in [7, 11) is -3.66. The smallest absolute Gasteiger partial charge is 0.345 e. The van der Waals surface area contributed by atoms with Crippen LogP contribution in [0.15, 0.2) is 14.7 Å². The van der Waals surface area contributed by atoms with Crippen molar-refractivity contribution in [2.45, 2.75) is 36.6 Å². The molecule has 1 aromatic heterocycles. The fraction of sp³-hybridized carbons (Fsp3) is 0.583. The van der Waals surface area contributed by atoms with Gasteiger partial charge in [-0.1, -0.05) is 0 Å². The lowest BCUT2D eigenvalue weighted by atomic mass is 10.1. The summed E-state index contributed by atoms with van der Waals surface area (Å²) in [5, 5.41) is 8.94. The molecule has 3 rings (SSSR count). The van der Waals surface area contributed by atoms with E-state index in [-0.39, 0.29) is 15.8 Å². The third-order valence-electron chi connectivity index (χ3n) is 3.71. The fourth-order valence-electron chi connectivity index (χ4n) is 2.37. The predicted molar refractivity (Wildman–Crippen MR) is 78.5 cm³/mol. The van der Waals surface area contributed by atoms with Gasteiger partial charge in [0, 0.05) is 6.04 Å². The molecular formula is C12H14BrNO4S2. The molecule has 2 fully saturated rings. The van der Waals surface area contributed by atoms with E-state index in [2.05, 4.69) is 20.7 Å². The van der Waals surface area contributed by atoms with Gasteiger partial charge in [0.05, 0.1) is 3.79 Å². The highest BCUT2D eigenvalue weighted by atomic mass is 79.9. The van der Waals surface area contributed by atoms with Crippen molar-refractivity contribution < 1.29 is 18.3 Å². The van der Waals surface area contributed by atoms with Crippen LogP contribution < -0.4 is 4.72 Å². The van der Waals surface area contributed by atoms with E-state index < -0.39 is 16.0 Å². The molecule has 0 radical (unpaired) electrons. The van der Waals surface area contributed by atoms with Gasteiger partial charge < -0.3 is 5.11 Å². The number of sulfonamides is 1. The van der Waals surface area contributed by atoms with Gasteiger partial charge in [-0.3, -0.25) is 0 Å². The number of rotatable bonds is 6. The summed E-state index contributed by atoms with van der Waals surface area (Å²) in [4.78, 5) is 11.0. The molecule has 0 atom stereocenters. The van der Waals surface area contributed by atoms with Crippen LogP contribution in [0.4, 0.5) is 0 Å². The van der Waals surface area contributed by atoms with E-state index in [4.69, 9.17) is 5.11 Å². The van der Waals surface area contributed by atoms with E-state index >= 15 is 0 Å². The van der Waals surface area contributed by atoms with Gasteiger partial charge in [0.2, 0.25) is 10.0 Å². The molecule has 1 heterocycles. The maximum absolute atomic E-state index is 12.4. The van der Waals surface area contributed by atoms with Crippen LogP contribution in [-0.2, 0) is 10.0 Å². The number of carboxylic acids is 1. The molecule has 2 saturated carbocycles. The molecule has 5 nitrogen and oxygen atoms in total. The monoisotopic (exact) mass is 379 g/mol. The molecular weight excluding hydrogens is 366 g/mol. The highest BCUT2D eigenvalue weighted by molar-refractivity contribution is 9.11. The minimum absolute atomic E-state index is 0.0140. The summed E-state index contributed by atoms with van der Waals surface area (Å²) in [6.45, 7) is 0. The van der Waals surface area contributed by atoms with Crippen molar-refractivity contribution in [3.05, 3.63) is 14.7 Å². The van der Waals surface area contributed by atoms with Crippen molar-refractivity contribution in [2.24, 2.45) is 11.8 Å². The molecule has 0 amide bonds. The number of thiophene rings is 1. The van der Waals surface area contributed by atoms with Crippen LogP contribution in [0.2, 0.25) is 0 Å². The second kappa shape index (κ2) is 5.08. The second-order valence-corrected chi connectivity index (χ2v) is 9.43. The Hall–Kier alpha value is -0.440. The quantitative estimate of drug-likeness (QED) is 0.795. The van der Waals surface area contributed by atoms with Gasteiger partial charge in [0.25, 0.3) is 0 Å². The molecule has 0 bridgehead atoms. The van der Waals surface area contributed by atoms with Gasteiger partial charge in [-0.25, -0.2) is 17.9 Å². The zero-order chi connectivity index (χ0) is 14.5. The van der Waals surface area contributed by atoms with Crippen LogP contribution >= 0.6 is 27.3 Å². The summed E-state index contributed by atoms with van der Waals surface area (Å²) < 4.78 is 28.0. The van der Waals surface area contributed by atoms with E-state index in [1.807, 2.05) is 0 Å². The fourth-order valence-corrected chi connectivity index (χ4v) is 6.15. The van der Waals surface area contributed by atoms with Crippen LogP contribution in [0.5, 0.6) is 0 Å². The first-order valence-corrected chi connectivity index (χ1v) is 9.52. The van der Waals surface area contributed by atoms with Crippen molar-refractivity contribution in [3.8, 4) is 0 Å². The SMILES string of the molecule is O=C(O)c1cc(S(=O)(=O)NC(C2CC2)C2CC2)c(Br)s1. The molecule has 2 N–H and O–H groups in total. The Kier molecular flexibility index (Phi) is 3.68. The van der Waals surface area contributed by atoms with E-state index in [1.54, 1.807) is 0 Å². The van der Waals surface area contributed by atoms with Gasteiger partial charge >= 0.3 is 5.97 Å². The molecule has 20 heavy (non-hydrogen) atoms. The van der Waals surface area contributed by atoms with Gasteiger partial charge in [0.15, 0.2) is 0 Å². The number of carboxylic acid groups (broad SMARTS) is 1. The number of halogens is 1. The number of hydrogen-bond donors (Lipinski definition) is 2. The van der Waals surface area contributed by atoms with Crippen LogP contribution in [0.3, 0.4) is 0 Å². The van der Waals surface area contributed by atoms with E-state index in [9.17, 15) is 13.2 Å². The minimum atomic E-state index is -3.66. The Morgan fingerprint density at radius 1 is 1.35 bits per heavy atom. The van der Waals surface area contributed by atoms with Crippen molar-refractivity contribution in [2.75, 3.05) is 0 Å². The first-order chi connectivity index (χ1) is 9.38. The van der Waals surface area contributed by atoms with Crippen molar-refractivity contribution >= 4 is 43.3 Å². The Morgan fingerprint density at radius 3 is 2.30 bits per heavy atom. The summed E-state index contributed by atoms with van der Waals surface area (Å²) in [6, 6.07) is 1.23. The van der Waals surface area contributed by atoms with E-state index in [0.29, 0.717) is 15.6 Å². The molecule has 2 aliphatic carbocycles. The van der Waals surface area contributed by atoms with Crippen LogP contribution in [0.25, 0.3) is 0 Å². The lowest BCUT2D eigenvalue weighted by molar-refractivity contribution is 0.0702. The number of nitrogens with one attached hydrogen (secondary N) is 1. The van der Waals surface area contributed by atoms with Gasteiger partial charge in [-0.05, 0) is 59.5 Å². The molecule has 0 aromatic carbocycles. The first-order valence-electron chi connectivity index (χ1n) is 6.43. The highest BCUT2D eigenvalue weighted by Crippen LogP contribution is 2.45. The average molecular weight is 380 g/mol. The average Bonchev–Trinajstić information content (AvgIpc) is 3.24. The topological polar surface area (TPSA) is 83.5 Å². The summed E-state index contributed by atoms with van der Waals surface area (Å²) in [5.74, 6) is -0.208. The zero-order valence-corrected chi connectivity index (χ0v) is 13.7. The Morgan fingerprint density at radius 2 is 1.90 bits per heavy atom. The van der Waals surface area contributed by atoms with E-state index in [1.165, 1.54) is 6.07 Å². The molecule has 0 aliphatic heterocycles. The number of aromatic carboxylic acids is 1. The van der Waals surface area contributed by atoms with Gasteiger partial charge in [-0.2, -0.15) is 0 Å². The van der Waals surface area contributed by atoms with Crippen LogP contribution in [0.1, 0.15) is 35.4 Å². The highest BCUT2D eigenvalue weighted by Gasteiger charge is 2.43. The maximum atomic E-state index is 12.4.